The van der Waals surface area contributed by atoms with Gasteiger partial charge in [0.2, 0.25) is 5.76 Å². The van der Waals surface area contributed by atoms with Crippen LogP contribution in [-0.2, 0) is 0 Å². The molecule has 3 aromatic rings. The monoisotopic (exact) mass is 590 g/mol. The first-order valence-corrected chi connectivity index (χ1v) is 14.4. The van der Waals surface area contributed by atoms with Crippen LogP contribution in [0, 0.1) is 6.92 Å². The Morgan fingerprint density at radius 2 is 1.59 bits per heavy atom. The Morgan fingerprint density at radius 1 is 0.909 bits per heavy atom. The number of fused-ring (bicyclic) bond motifs is 1. The predicted molar refractivity (Wildman–Crippen MR) is 181 cm³/mol. The lowest BCUT2D eigenvalue weighted by molar-refractivity contribution is 0.262. The SMILES string of the molecule is C=Cc1ccc(-c2c(C)c(/C=C\CC)c(C3=C(/C(O)=C\O)CC(/C(O)=C(O)\C(O)=C(/C)O)=C3)c3ccccc23)cc1/C=C\C. The molecule has 0 aliphatic heterocycles. The van der Waals surface area contributed by atoms with E-state index >= 15 is 0 Å². The quantitative estimate of drug-likeness (QED) is 0.109. The van der Waals surface area contributed by atoms with E-state index in [1.165, 1.54) is 6.92 Å². The fraction of sp³-hybridized carbons (Fsp3) is 0.158. The van der Waals surface area contributed by atoms with Crippen molar-refractivity contribution in [3.63, 3.8) is 0 Å². The summed E-state index contributed by atoms with van der Waals surface area (Å²) in [4.78, 5) is 0. The van der Waals surface area contributed by atoms with Crippen molar-refractivity contribution in [1.82, 2.24) is 0 Å². The minimum Gasteiger partial charge on any atom is -0.512 e. The normalized spacial score (nSPS) is 15.3. The molecule has 0 amide bonds. The molecule has 226 valence electrons. The lowest BCUT2D eigenvalue weighted by atomic mass is 9.82. The molecule has 0 heterocycles. The summed E-state index contributed by atoms with van der Waals surface area (Å²) in [6.45, 7) is 11.2. The lowest BCUT2D eigenvalue weighted by Crippen LogP contribution is -2.00. The highest BCUT2D eigenvalue weighted by atomic mass is 16.3. The molecule has 0 unspecified atom stereocenters. The van der Waals surface area contributed by atoms with Crippen LogP contribution in [0.15, 0.2) is 113 Å². The highest BCUT2D eigenvalue weighted by molar-refractivity contribution is 6.09. The average Bonchev–Trinajstić information content (AvgIpc) is 3.47. The van der Waals surface area contributed by atoms with E-state index in [1.807, 2.05) is 62.4 Å². The molecule has 0 atom stereocenters. The van der Waals surface area contributed by atoms with Gasteiger partial charge in [-0.15, -0.1) is 0 Å². The van der Waals surface area contributed by atoms with Gasteiger partial charge in [-0.2, -0.15) is 0 Å². The second-order valence-corrected chi connectivity index (χ2v) is 10.6. The molecule has 4 rings (SSSR count). The Kier molecular flexibility index (Phi) is 9.54. The van der Waals surface area contributed by atoms with E-state index < -0.39 is 28.8 Å². The van der Waals surface area contributed by atoms with Crippen molar-refractivity contribution in [2.45, 2.75) is 40.5 Å². The highest BCUT2D eigenvalue weighted by Gasteiger charge is 2.29. The summed E-state index contributed by atoms with van der Waals surface area (Å²) < 4.78 is 0. The van der Waals surface area contributed by atoms with E-state index in [0.717, 1.165) is 56.1 Å². The topological polar surface area (TPSA) is 121 Å². The number of rotatable bonds is 9. The van der Waals surface area contributed by atoms with Gasteiger partial charge in [0, 0.05) is 17.6 Å². The van der Waals surface area contributed by atoms with Gasteiger partial charge >= 0.3 is 0 Å². The zero-order chi connectivity index (χ0) is 32.1. The number of benzene rings is 3. The first-order valence-electron chi connectivity index (χ1n) is 14.4. The summed E-state index contributed by atoms with van der Waals surface area (Å²) >= 11 is 0. The van der Waals surface area contributed by atoms with Crippen LogP contribution in [0.2, 0.25) is 0 Å². The number of hydrogen-bond donors (Lipinski definition) is 6. The van der Waals surface area contributed by atoms with Crippen LogP contribution in [0.4, 0.5) is 0 Å². The van der Waals surface area contributed by atoms with Gasteiger partial charge in [0.05, 0.1) is 0 Å². The maximum absolute atomic E-state index is 10.9. The van der Waals surface area contributed by atoms with Gasteiger partial charge in [-0.3, -0.25) is 0 Å². The molecule has 6 heteroatoms. The second-order valence-electron chi connectivity index (χ2n) is 10.6. The first kappa shape index (κ1) is 31.6. The van der Waals surface area contributed by atoms with Gasteiger partial charge in [-0.05, 0) is 94.6 Å². The van der Waals surface area contributed by atoms with Crippen molar-refractivity contribution in [3.8, 4) is 11.1 Å². The number of aliphatic hydroxyl groups is 6. The molecule has 1 aliphatic rings. The zero-order valence-corrected chi connectivity index (χ0v) is 25.4. The third-order valence-corrected chi connectivity index (χ3v) is 7.78. The minimum atomic E-state index is -0.897. The van der Waals surface area contributed by atoms with Crippen LogP contribution < -0.4 is 0 Å². The number of aliphatic hydroxyl groups excluding tert-OH is 6. The van der Waals surface area contributed by atoms with Gasteiger partial charge in [0.1, 0.15) is 12.0 Å². The van der Waals surface area contributed by atoms with Gasteiger partial charge < -0.3 is 30.6 Å². The van der Waals surface area contributed by atoms with E-state index in [-0.39, 0.29) is 12.0 Å². The predicted octanol–water partition coefficient (Wildman–Crippen LogP) is 10.6. The van der Waals surface area contributed by atoms with Crippen molar-refractivity contribution in [2.24, 2.45) is 0 Å². The summed E-state index contributed by atoms with van der Waals surface area (Å²) in [5.41, 5.74) is 7.81. The lowest BCUT2D eigenvalue weighted by Gasteiger charge is -2.21. The summed E-state index contributed by atoms with van der Waals surface area (Å²) in [6, 6.07) is 14.2. The molecule has 0 fully saturated rings. The molecule has 0 spiro atoms. The molecule has 3 aromatic carbocycles. The smallest absolute Gasteiger partial charge is 0.204 e. The van der Waals surface area contributed by atoms with Crippen LogP contribution >= 0.6 is 0 Å². The number of allylic oxidation sites excluding steroid dienone is 7. The van der Waals surface area contributed by atoms with Crippen LogP contribution in [-0.4, -0.2) is 30.6 Å². The summed E-state index contributed by atoms with van der Waals surface area (Å²) in [5.74, 6) is -3.38. The molecular weight excluding hydrogens is 552 g/mol. The van der Waals surface area contributed by atoms with Gasteiger partial charge in [-0.25, -0.2) is 0 Å². The van der Waals surface area contributed by atoms with E-state index in [1.54, 1.807) is 6.08 Å². The molecule has 0 saturated heterocycles. The molecule has 6 N–H and O–H groups in total. The molecule has 0 radical (unpaired) electrons. The van der Waals surface area contributed by atoms with Crippen LogP contribution in [0.1, 0.15) is 61.4 Å². The second kappa shape index (κ2) is 13.3. The standard InChI is InChI=1S/C38H38O6/c1-6-9-13-28-22(4)34(26-17-16-24(8-3)25(18-26)12-7-2)29-14-10-11-15-30(29)35(28)32-20-27(19-31(32)33(41)21-39)37(43)38(44)36(42)23(5)40/h7-18,20-21,39-44H,3,6,19H2,1-2,4-5H3/b12-7-,13-9-,33-21+,36-23-,38-37-. The minimum absolute atomic E-state index is 0.0618. The van der Waals surface area contributed by atoms with Crippen LogP contribution in [0.5, 0.6) is 0 Å². The molecular formula is C38H38O6. The van der Waals surface area contributed by atoms with Gasteiger partial charge in [0.25, 0.3) is 0 Å². The Hall–Kier alpha value is -5.36. The Morgan fingerprint density at radius 3 is 2.18 bits per heavy atom. The molecule has 0 bridgehead atoms. The Balaban J connectivity index is 2.14. The average molecular weight is 591 g/mol. The first-order chi connectivity index (χ1) is 21.1. The largest absolute Gasteiger partial charge is 0.512 e. The van der Waals surface area contributed by atoms with Crippen molar-refractivity contribution < 1.29 is 30.6 Å². The van der Waals surface area contributed by atoms with E-state index in [0.29, 0.717) is 17.4 Å². The third-order valence-electron chi connectivity index (χ3n) is 7.78. The third kappa shape index (κ3) is 5.79. The molecule has 1 aliphatic carbocycles. The van der Waals surface area contributed by atoms with Crippen molar-refractivity contribution in [3.05, 3.63) is 141 Å². The summed E-state index contributed by atoms with van der Waals surface area (Å²) in [5, 5.41) is 63.6. The van der Waals surface area contributed by atoms with Crippen molar-refractivity contribution in [2.75, 3.05) is 0 Å². The van der Waals surface area contributed by atoms with Crippen LogP contribution in [0.3, 0.4) is 0 Å². The highest BCUT2D eigenvalue weighted by Crippen LogP contribution is 2.46. The zero-order valence-electron chi connectivity index (χ0n) is 25.4. The fourth-order valence-corrected chi connectivity index (χ4v) is 5.65. The maximum Gasteiger partial charge on any atom is 0.204 e. The molecule has 0 saturated carbocycles. The van der Waals surface area contributed by atoms with E-state index in [9.17, 15) is 30.6 Å². The van der Waals surface area contributed by atoms with Gasteiger partial charge in [0.15, 0.2) is 17.3 Å². The van der Waals surface area contributed by atoms with Crippen molar-refractivity contribution >= 4 is 34.6 Å². The number of hydrogen-bond acceptors (Lipinski definition) is 6. The van der Waals surface area contributed by atoms with E-state index in [4.69, 9.17) is 0 Å². The van der Waals surface area contributed by atoms with Gasteiger partial charge in [-0.1, -0.05) is 80.3 Å². The fourth-order valence-electron chi connectivity index (χ4n) is 5.65. The van der Waals surface area contributed by atoms with Crippen molar-refractivity contribution in [1.29, 1.82) is 0 Å². The molecule has 0 aromatic heterocycles. The Labute approximate surface area is 257 Å². The summed E-state index contributed by atoms with van der Waals surface area (Å²) in [7, 11) is 0. The molecule has 6 nitrogen and oxygen atoms in total. The Bertz CT molecular complexity index is 1850. The molecule has 44 heavy (non-hydrogen) atoms. The maximum atomic E-state index is 10.9. The summed E-state index contributed by atoms with van der Waals surface area (Å²) in [6.07, 6.45) is 12.9. The van der Waals surface area contributed by atoms with Crippen LogP contribution in [0.25, 0.3) is 45.7 Å². The van der Waals surface area contributed by atoms with E-state index in [2.05, 4.69) is 37.8 Å².